The van der Waals surface area contributed by atoms with Gasteiger partial charge in [0.1, 0.15) is 5.75 Å². The number of nitrogens with one attached hydrogen (secondary N) is 1. The molecular formula is C21H25N3O3. The monoisotopic (exact) mass is 367 g/mol. The molecule has 3 rings (SSSR count). The van der Waals surface area contributed by atoms with Crippen LogP contribution in [0, 0.1) is 6.92 Å². The van der Waals surface area contributed by atoms with Crippen molar-refractivity contribution in [3.05, 3.63) is 59.7 Å². The maximum Gasteiger partial charge on any atom is 0.262 e. The van der Waals surface area contributed by atoms with E-state index in [0.717, 1.165) is 31.7 Å². The fourth-order valence-corrected chi connectivity index (χ4v) is 2.90. The summed E-state index contributed by atoms with van der Waals surface area (Å²) in [5.41, 5.74) is 2.30. The third-order valence-electron chi connectivity index (χ3n) is 4.57. The second-order valence-electron chi connectivity index (χ2n) is 6.83. The van der Waals surface area contributed by atoms with Gasteiger partial charge in [-0.25, -0.2) is 0 Å². The number of ether oxygens (including phenoxy) is 1. The zero-order valence-corrected chi connectivity index (χ0v) is 15.8. The lowest BCUT2D eigenvalue weighted by Gasteiger charge is -2.32. The molecule has 0 atom stereocenters. The number of hydrogen-bond donors (Lipinski definition) is 1. The number of hydrogen-bond acceptors (Lipinski definition) is 4. The molecule has 0 saturated carbocycles. The molecule has 1 fully saturated rings. The van der Waals surface area contributed by atoms with E-state index < -0.39 is 0 Å². The Kier molecular flexibility index (Phi) is 6.08. The first-order valence-electron chi connectivity index (χ1n) is 9.08. The van der Waals surface area contributed by atoms with Gasteiger partial charge < -0.3 is 19.9 Å². The van der Waals surface area contributed by atoms with Gasteiger partial charge in [-0.3, -0.25) is 9.59 Å². The second kappa shape index (κ2) is 8.68. The van der Waals surface area contributed by atoms with Gasteiger partial charge in [-0.2, -0.15) is 0 Å². The molecule has 0 unspecified atom stereocenters. The topological polar surface area (TPSA) is 61.9 Å². The molecule has 0 aliphatic carbocycles. The van der Waals surface area contributed by atoms with E-state index in [1.165, 1.54) is 0 Å². The van der Waals surface area contributed by atoms with Crippen LogP contribution in [0.25, 0.3) is 0 Å². The molecule has 6 nitrogen and oxygen atoms in total. The van der Waals surface area contributed by atoms with Crippen LogP contribution in [0.1, 0.15) is 15.9 Å². The lowest BCUT2D eigenvalue weighted by Crippen LogP contribution is -2.47. The molecule has 0 radical (unpaired) electrons. The number of carbonyl (C=O) groups is 2. The summed E-state index contributed by atoms with van der Waals surface area (Å²) in [6.07, 6.45) is 0. The van der Waals surface area contributed by atoms with Crippen LogP contribution in [0.3, 0.4) is 0 Å². The molecule has 1 aliphatic heterocycles. The van der Waals surface area contributed by atoms with Crippen LogP contribution >= 0.6 is 0 Å². The number of piperazine rings is 1. The van der Waals surface area contributed by atoms with E-state index in [2.05, 4.69) is 17.3 Å². The van der Waals surface area contributed by atoms with E-state index in [4.69, 9.17) is 4.74 Å². The standard InChI is InChI=1S/C21H25N3O3/c1-16-6-8-19(9-7-16)27-15-20(25)22-18-5-3-4-17(14-18)21(26)24-12-10-23(2)11-13-24/h3-9,14H,10-13,15H2,1-2H3,(H,22,25). The van der Waals surface area contributed by atoms with Gasteiger partial charge in [0.15, 0.2) is 6.61 Å². The van der Waals surface area contributed by atoms with E-state index in [-0.39, 0.29) is 18.4 Å². The van der Waals surface area contributed by atoms with Crippen LogP contribution in [0.15, 0.2) is 48.5 Å². The number of carbonyl (C=O) groups excluding carboxylic acids is 2. The highest BCUT2D eigenvalue weighted by atomic mass is 16.5. The Labute approximate surface area is 159 Å². The zero-order chi connectivity index (χ0) is 19.2. The Morgan fingerprint density at radius 1 is 1.04 bits per heavy atom. The quantitative estimate of drug-likeness (QED) is 0.882. The van der Waals surface area contributed by atoms with Crippen molar-refractivity contribution in [2.75, 3.05) is 45.2 Å². The molecule has 0 bridgehead atoms. The third-order valence-corrected chi connectivity index (χ3v) is 4.57. The van der Waals surface area contributed by atoms with Gasteiger partial charge in [0.05, 0.1) is 0 Å². The van der Waals surface area contributed by atoms with Gasteiger partial charge in [0.2, 0.25) is 0 Å². The van der Waals surface area contributed by atoms with Crippen molar-refractivity contribution in [1.29, 1.82) is 0 Å². The van der Waals surface area contributed by atoms with E-state index in [1.54, 1.807) is 24.3 Å². The Morgan fingerprint density at radius 2 is 1.74 bits per heavy atom. The number of anilines is 1. The molecular weight excluding hydrogens is 342 g/mol. The third kappa shape index (κ3) is 5.31. The summed E-state index contributed by atoms with van der Waals surface area (Å²) in [7, 11) is 2.05. The lowest BCUT2D eigenvalue weighted by molar-refractivity contribution is -0.118. The highest BCUT2D eigenvalue weighted by Crippen LogP contribution is 2.15. The van der Waals surface area contributed by atoms with Crippen LogP contribution in [-0.4, -0.2) is 61.4 Å². The summed E-state index contributed by atoms with van der Waals surface area (Å²) in [6.45, 7) is 5.09. The molecule has 2 aromatic rings. The van der Waals surface area contributed by atoms with Crippen molar-refractivity contribution in [3.8, 4) is 5.75 Å². The Morgan fingerprint density at radius 3 is 2.44 bits per heavy atom. The summed E-state index contributed by atoms with van der Waals surface area (Å²) in [4.78, 5) is 28.8. The summed E-state index contributed by atoms with van der Waals surface area (Å²) in [5.74, 6) is 0.379. The van der Waals surface area contributed by atoms with Gasteiger partial charge in [-0.1, -0.05) is 23.8 Å². The van der Waals surface area contributed by atoms with Crippen LogP contribution < -0.4 is 10.1 Å². The average molecular weight is 367 g/mol. The van der Waals surface area contributed by atoms with Crippen molar-refractivity contribution >= 4 is 17.5 Å². The van der Waals surface area contributed by atoms with Gasteiger partial charge in [0.25, 0.3) is 11.8 Å². The van der Waals surface area contributed by atoms with Crippen molar-refractivity contribution < 1.29 is 14.3 Å². The summed E-state index contributed by atoms with van der Waals surface area (Å²) < 4.78 is 5.49. The van der Waals surface area contributed by atoms with E-state index in [1.807, 2.05) is 36.1 Å². The molecule has 1 N–H and O–H groups in total. The molecule has 2 aromatic carbocycles. The Balaban J connectivity index is 1.55. The van der Waals surface area contributed by atoms with Crippen LogP contribution in [-0.2, 0) is 4.79 Å². The number of likely N-dealkylation sites (N-methyl/N-ethyl adjacent to an activating group) is 1. The fourth-order valence-electron chi connectivity index (χ4n) is 2.90. The van der Waals surface area contributed by atoms with Crippen molar-refractivity contribution in [3.63, 3.8) is 0 Å². The minimum atomic E-state index is -0.264. The van der Waals surface area contributed by atoms with Crippen LogP contribution in [0.4, 0.5) is 5.69 Å². The van der Waals surface area contributed by atoms with Crippen LogP contribution in [0.2, 0.25) is 0 Å². The maximum atomic E-state index is 12.7. The molecule has 1 heterocycles. The number of amides is 2. The summed E-state index contributed by atoms with van der Waals surface area (Å²) >= 11 is 0. The van der Waals surface area contributed by atoms with Crippen molar-refractivity contribution in [2.45, 2.75) is 6.92 Å². The highest BCUT2D eigenvalue weighted by molar-refractivity contribution is 5.97. The minimum absolute atomic E-state index is 0.00453. The molecule has 27 heavy (non-hydrogen) atoms. The predicted molar refractivity (Wildman–Crippen MR) is 105 cm³/mol. The molecule has 2 amide bonds. The van der Waals surface area contributed by atoms with Gasteiger partial charge in [-0.15, -0.1) is 0 Å². The molecule has 142 valence electrons. The molecule has 0 aromatic heterocycles. The van der Waals surface area contributed by atoms with Crippen LogP contribution in [0.5, 0.6) is 5.75 Å². The number of benzene rings is 2. The summed E-state index contributed by atoms with van der Waals surface area (Å²) in [6, 6.07) is 14.6. The van der Waals surface area contributed by atoms with E-state index in [0.29, 0.717) is 17.0 Å². The van der Waals surface area contributed by atoms with Gasteiger partial charge in [-0.05, 0) is 44.3 Å². The van der Waals surface area contributed by atoms with Gasteiger partial charge >= 0.3 is 0 Å². The molecule has 0 spiro atoms. The Bertz CT molecular complexity index is 797. The first-order chi connectivity index (χ1) is 13.0. The van der Waals surface area contributed by atoms with E-state index >= 15 is 0 Å². The summed E-state index contributed by atoms with van der Waals surface area (Å²) in [5, 5.41) is 2.79. The number of nitrogens with zero attached hydrogens (tertiary/aromatic N) is 2. The smallest absolute Gasteiger partial charge is 0.262 e. The van der Waals surface area contributed by atoms with E-state index in [9.17, 15) is 9.59 Å². The molecule has 1 aliphatic rings. The number of aryl methyl sites for hydroxylation is 1. The minimum Gasteiger partial charge on any atom is -0.484 e. The Hall–Kier alpha value is -2.86. The lowest BCUT2D eigenvalue weighted by atomic mass is 10.1. The number of rotatable bonds is 5. The second-order valence-corrected chi connectivity index (χ2v) is 6.83. The average Bonchev–Trinajstić information content (AvgIpc) is 2.68. The first-order valence-corrected chi connectivity index (χ1v) is 9.08. The van der Waals surface area contributed by atoms with Crippen molar-refractivity contribution in [1.82, 2.24) is 9.80 Å². The first kappa shape index (κ1) is 18.9. The fraction of sp³-hybridized carbons (Fsp3) is 0.333. The predicted octanol–water partition coefficient (Wildman–Crippen LogP) is 2.40. The maximum absolute atomic E-state index is 12.7. The molecule has 1 saturated heterocycles. The van der Waals surface area contributed by atoms with Gasteiger partial charge in [0, 0.05) is 37.4 Å². The zero-order valence-electron chi connectivity index (χ0n) is 15.8. The van der Waals surface area contributed by atoms with Crippen molar-refractivity contribution in [2.24, 2.45) is 0 Å². The highest BCUT2D eigenvalue weighted by Gasteiger charge is 2.20. The normalized spacial score (nSPS) is 14.7. The molecule has 6 heteroatoms. The SMILES string of the molecule is Cc1ccc(OCC(=O)Nc2cccc(C(=O)N3CCN(C)CC3)c2)cc1. The largest absolute Gasteiger partial charge is 0.484 e.